The summed E-state index contributed by atoms with van der Waals surface area (Å²) in [6, 6.07) is 18.4. The van der Waals surface area contributed by atoms with E-state index >= 15 is 0 Å². The van der Waals surface area contributed by atoms with Crippen molar-refractivity contribution in [3.05, 3.63) is 60.2 Å². The van der Waals surface area contributed by atoms with Gasteiger partial charge in [-0.25, -0.2) is 9.66 Å². The monoisotopic (exact) mass is 474 g/mol. The second kappa shape index (κ2) is 9.85. The molecule has 0 unspecified atom stereocenters. The molecule has 0 aliphatic heterocycles. The first-order valence-electron chi connectivity index (χ1n) is 11.4. The number of aromatic nitrogens is 4. The fourth-order valence-corrected chi connectivity index (χ4v) is 4.89. The molecule has 7 nitrogen and oxygen atoms in total. The molecule has 4 aromatic rings. The van der Waals surface area contributed by atoms with Crippen LogP contribution in [0.4, 0.5) is 0 Å². The number of nitrogen functional groups attached to an aromatic ring is 1. The second-order valence-corrected chi connectivity index (χ2v) is 9.83. The number of aryl methyl sites for hydroxylation is 1. The van der Waals surface area contributed by atoms with E-state index in [4.69, 9.17) is 10.8 Å². The summed E-state index contributed by atoms with van der Waals surface area (Å²) in [5.74, 6) is 7.28. The number of hydrogen-bond donors (Lipinski definition) is 1. The minimum atomic E-state index is 0.0515. The van der Waals surface area contributed by atoms with Gasteiger partial charge in [-0.05, 0) is 46.8 Å². The summed E-state index contributed by atoms with van der Waals surface area (Å²) in [5.41, 5.74) is 4.75. The average Bonchev–Trinajstić information content (AvgIpc) is 3.17. The van der Waals surface area contributed by atoms with Gasteiger partial charge < -0.3 is 10.7 Å². The van der Waals surface area contributed by atoms with Gasteiger partial charge in [0.05, 0.1) is 17.0 Å². The van der Waals surface area contributed by atoms with Crippen LogP contribution in [0, 0.1) is 6.92 Å². The Labute approximate surface area is 204 Å². The van der Waals surface area contributed by atoms with Crippen molar-refractivity contribution in [3.63, 3.8) is 0 Å². The highest BCUT2D eigenvalue weighted by Crippen LogP contribution is 2.32. The molecule has 0 saturated carbocycles. The molecular weight excluding hydrogens is 444 g/mol. The summed E-state index contributed by atoms with van der Waals surface area (Å²) in [6.07, 6.45) is 0. The molecule has 0 atom stereocenters. The number of nitrogens with two attached hydrogens (primary N) is 1. The van der Waals surface area contributed by atoms with E-state index in [1.54, 1.807) is 0 Å². The summed E-state index contributed by atoms with van der Waals surface area (Å²) >= 11 is 1.30. The van der Waals surface area contributed by atoms with Gasteiger partial charge in [-0.1, -0.05) is 59.8 Å². The maximum atomic E-state index is 12.8. The van der Waals surface area contributed by atoms with Crippen LogP contribution in [0.25, 0.3) is 33.5 Å². The van der Waals surface area contributed by atoms with Crippen LogP contribution in [0.5, 0.6) is 0 Å². The molecule has 0 radical (unpaired) electrons. The number of nitrogens with zero attached hydrogens (tertiary/aromatic N) is 5. The minimum absolute atomic E-state index is 0.0515. The van der Waals surface area contributed by atoms with Crippen LogP contribution < -0.4 is 5.84 Å². The van der Waals surface area contributed by atoms with Gasteiger partial charge in [0.1, 0.15) is 0 Å². The van der Waals surface area contributed by atoms with E-state index in [0.29, 0.717) is 11.0 Å². The Morgan fingerprint density at radius 3 is 2.38 bits per heavy atom. The number of pyridine rings is 1. The van der Waals surface area contributed by atoms with Crippen molar-refractivity contribution in [1.29, 1.82) is 0 Å². The number of thioether (sulfide) groups is 1. The summed E-state index contributed by atoms with van der Waals surface area (Å²) in [5, 5.41) is 10.1. The molecule has 0 spiro atoms. The van der Waals surface area contributed by atoms with Gasteiger partial charge in [0.15, 0.2) is 5.82 Å². The largest absolute Gasteiger partial charge is 0.337 e. The lowest BCUT2D eigenvalue weighted by Gasteiger charge is -2.30. The highest BCUT2D eigenvalue weighted by Gasteiger charge is 2.22. The summed E-state index contributed by atoms with van der Waals surface area (Å²) in [7, 11) is 0. The molecule has 0 aliphatic carbocycles. The predicted molar refractivity (Wildman–Crippen MR) is 139 cm³/mol. The molecule has 4 rings (SSSR count). The quantitative estimate of drug-likeness (QED) is 0.302. The van der Waals surface area contributed by atoms with Crippen LogP contribution in [-0.2, 0) is 4.79 Å². The lowest BCUT2D eigenvalue weighted by molar-refractivity contribution is -0.131. The van der Waals surface area contributed by atoms with Crippen LogP contribution in [0.1, 0.15) is 33.3 Å². The first kappa shape index (κ1) is 23.8. The van der Waals surface area contributed by atoms with Gasteiger partial charge in [0, 0.05) is 28.6 Å². The lowest BCUT2D eigenvalue weighted by atomic mass is 10.0. The van der Waals surface area contributed by atoms with Crippen LogP contribution in [-0.4, -0.2) is 48.5 Å². The van der Waals surface area contributed by atoms with E-state index in [1.165, 1.54) is 22.0 Å². The standard InChI is InChI=1S/C26H30N6OS/c1-16(2)31(17(3)4)24(33)15-34-26-30-29-25(32(26)27)21-14-23(19-12-10-18(5)11-13-19)28-22-9-7-6-8-20(21)22/h6-14,16-17H,15,27H2,1-5H3. The molecule has 0 saturated heterocycles. The van der Waals surface area contributed by atoms with Gasteiger partial charge in [-0.2, -0.15) is 0 Å². The molecule has 8 heteroatoms. The van der Waals surface area contributed by atoms with E-state index in [0.717, 1.165) is 27.7 Å². The third-order valence-corrected chi connectivity index (χ3v) is 6.62. The SMILES string of the molecule is Cc1ccc(-c2cc(-c3nnc(SCC(=O)N(C(C)C)C(C)C)n3N)c3ccccc3n2)cc1. The van der Waals surface area contributed by atoms with Crippen molar-refractivity contribution in [1.82, 2.24) is 24.8 Å². The Kier molecular flexibility index (Phi) is 6.88. The van der Waals surface area contributed by atoms with Crippen LogP contribution in [0.15, 0.2) is 59.8 Å². The Hall–Kier alpha value is -3.39. The zero-order valence-electron chi connectivity index (χ0n) is 20.2. The van der Waals surface area contributed by atoms with Crippen LogP contribution in [0.2, 0.25) is 0 Å². The molecule has 1 amide bonds. The van der Waals surface area contributed by atoms with E-state index in [-0.39, 0.29) is 23.7 Å². The predicted octanol–water partition coefficient (Wildman–Crippen LogP) is 4.92. The van der Waals surface area contributed by atoms with Gasteiger partial charge in [0.25, 0.3) is 0 Å². The van der Waals surface area contributed by atoms with Crippen molar-refractivity contribution in [2.45, 2.75) is 51.9 Å². The number of rotatable bonds is 7. The van der Waals surface area contributed by atoms with E-state index in [2.05, 4.69) is 41.4 Å². The molecule has 2 N–H and O–H groups in total. The Bertz CT molecular complexity index is 1300. The van der Waals surface area contributed by atoms with Gasteiger partial charge in [-0.15, -0.1) is 10.2 Å². The fourth-order valence-electron chi connectivity index (χ4n) is 4.16. The molecular formula is C26H30N6OS. The van der Waals surface area contributed by atoms with E-state index in [9.17, 15) is 4.79 Å². The molecule has 2 aromatic carbocycles. The summed E-state index contributed by atoms with van der Waals surface area (Å²) in [6.45, 7) is 10.1. The highest BCUT2D eigenvalue weighted by atomic mass is 32.2. The minimum Gasteiger partial charge on any atom is -0.337 e. The third-order valence-electron chi connectivity index (χ3n) is 5.69. The van der Waals surface area contributed by atoms with Crippen LogP contribution in [0.3, 0.4) is 0 Å². The van der Waals surface area contributed by atoms with Gasteiger partial charge in [-0.3, -0.25) is 4.79 Å². The van der Waals surface area contributed by atoms with Crippen LogP contribution >= 0.6 is 11.8 Å². The Morgan fingerprint density at radius 2 is 1.71 bits per heavy atom. The molecule has 2 heterocycles. The highest BCUT2D eigenvalue weighted by molar-refractivity contribution is 7.99. The maximum Gasteiger partial charge on any atom is 0.233 e. The van der Waals surface area contributed by atoms with Crippen molar-refractivity contribution >= 4 is 28.6 Å². The molecule has 2 aromatic heterocycles. The Morgan fingerprint density at radius 1 is 1.03 bits per heavy atom. The Balaban J connectivity index is 1.69. The zero-order valence-corrected chi connectivity index (χ0v) is 21.0. The van der Waals surface area contributed by atoms with E-state index in [1.807, 2.05) is 62.9 Å². The normalized spacial score (nSPS) is 11.5. The van der Waals surface area contributed by atoms with Gasteiger partial charge in [0.2, 0.25) is 11.1 Å². The number of para-hydroxylation sites is 1. The number of fused-ring (bicyclic) bond motifs is 1. The molecule has 0 aliphatic rings. The number of amides is 1. The van der Waals surface area contributed by atoms with Gasteiger partial charge >= 0.3 is 0 Å². The van der Waals surface area contributed by atoms with Crippen molar-refractivity contribution < 1.29 is 4.79 Å². The fraction of sp³-hybridized carbons (Fsp3) is 0.308. The number of carbonyl (C=O) groups excluding carboxylic acids is 1. The number of carbonyl (C=O) groups is 1. The topological polar surface area (TPSA) is 89.9 Å². The van der Waals surface area contributed by atoms with Crippen molar-refractivity contribution in [3.8, 4) is 22.6 Å². The lowest BCUT2D eigenvalue weighted by Crippen LogP contribution is -2.43. The summed E-state index contributed by atoms with van der Waals surface area (Å²) in [4.78, 5) is 19.5. The molecule has 34 heavy (non-hydrogen) atoms. The number of hydrogen-bond acceptors (Lipinski definition) is 6. The average molecular weight is 475 g/mol. The zero-order chi connectivity index (χ0) is 24.4. The first-order chi connectivity index (χ1) is 16.3. The first-order valence-corrected chi connectivity index (χ1v) is 12.4. The van der Waals surface area contributed by atoms with Crippen molar-refractivity contribution in [2.75, 3.05) is 11.6 Å². The molecule has 176 valence electrons. The molecule has 0 fully saturated rings. The third kappa shape index (κ3) is 4.77. The smallest absolute Gasteiger partial charge is 0.233 e. The maximum absolute atomic E-state index is 12.8. The molecule has 0 bridgehead atoms. The van der Waals surface area contributed by atoms with E-state index < -0.39 is 0 Å². The number of benzene rings is 2. The second-order valence-electron chi connectivity index (χ2n) is 8.89. The van der Waals surface area contributed by atoms with Crippen molar-refractivity contribution in [2.24, 2.45) is 0 Å². The summed E-state index contributed by atoms with van der Waals surface area (Å²) < 4.78 is 1.47.